The van der Waals surface area contributed by atoms with E-state index >= 15 is 0 Å². The van der Waals surface area contributed by atoms with Gasteiger partial charge in [-0.2, -0.15) is 5.10 Å². The molecule has 0 bridgehead atoms. The summed E-state index contributed by atoms with van der Waals surface area (Å²) in [6.45, 7) is 0. The Morgan fingerprint density at radius 3 is 2.28 bits per heavy atom. The predicted molar refractivity (Wildman–Crippen MR) is 116 cm³/mol. The average molecular weight is 396 g/mol. The van der Waals surface area contributed by atoms with Crippen molar-refractivity contribution in [3.63, 3.8) is 0 Å². The van der Waals surface area contributed by atoms with Crippen LogP contribution in [0.4, 0.5) is 11.4 Å². The Morgan fingerprint density at radius 2 is 1.62 bits per heavy atom. The third-order valence-corrected chi connectivity index (χ3v) is 4.30. The van der Waals surface area contributed by atoms with E-state index in [0.717, 1.165) is 17.7 Å². The number of hydrogen-bond donors (Lipinski definition) is 3. The van der Waals surface area contributed by atoms with E-state index < -0.39 is 0 Å². The molecule has 0 aliphatic rings. The first-order chi connectivity index (χ1) is 14.0. The number of phenols is 1. The molecule has 0 aliphatic heterocycles. The fourth-order valence-electron chi connectivity index (χ4n) is 2.63. The molecule has 7 heteroatoms. The van der Waals surface area contributed by atoms with Gasteiger partial charge in [0.1, 0.15) is 5.75 Å². The third-order valence-electron chi connectivity index (χ3n) is 4.30. The van der Waals surface area contributed by atoms with Crippen LogP contribution in [0.5, 0.6) is 5.75 Å². The molecular formula is C22H28N4O3. The number of para-hydroxylation sites is 2. The smallest absolute Gasteiger partial charge is 0.240 e. The number of benzene rings is 2. The van der Waals surface area contributed by atoms with Crippen molar-refractivity contribution in [2.75, 3.05) is 24.3 Å². The molecule has 7 nitrogen and oxygen atoms in total. The van der Waals surface area contributed by atoms with Crippen LogP contribution in [0.15, 0.2) is 53.6 Å². The molecule has 2 rings (SSSR count). The van der Waals surface area contributed by atoms with Crippen molar-refractivity contribution in [2.24, 2.45) is 5.10 Å². The Balaban J connectivity index is 1.58. The summed E-state index contributed by atoms with van der Waals surface area (Å²) >= 11 is 0. The number of hydrazone groups is 1. The maximum Gasteiger partial charge on any atom is 0.240 e. The predicted octanol–water partition coefficient (Wildman–Crippen LogP) is 3.50. The standard InChI is InChI=1S/C22H28N4O3/c1-26(2)18-14-12-17(13-15-18)16-23-25-22(29)11-5-3-4-10-21(28)24-19-8-6-7-9-20(19)27/h6-9,12-16,27H,3-5,10-11H2,1-2H3,(H,24,28)(H,25,29)/b23-16+. The Labute approximate surface area is 171 Å². The fraction of sp³-hybridized carbons (Fsp3) is 0.318. The molecule has 0 atom stereocenters. The van der Waals surface area contributed by atoms with Crippen LogP contribution in [0.25, 0.3) is 0 Å². The summed E-state index contributed by atoms with van der Waals surface area (Å²) in [6.07, 6.45) is 4.43. The number of nitrogens with one attached hydrogen (secondary N) is 2. The minimum absolute atomic E-state index is 0.0479. The van der Waals surface area contributed by atoms with Crippen LogP contribution < -0.4 is 15.6 Å². The SMILES string of the molecule is CN(C)c1ccc(/C=N/NC(=O)CCCCCC(=O)Nc2ccccc2O)cc1. The number of rotatable bonds is 10. The topological polar surface area (TPSA) is 94.0 Å². The molecular weight excluding hydrogens is 368 g/mol. The lowest BCUT2D eigenvalue weighted by molar-refractivity contribution is -0.121. The van der Waals surface area contributed by atoms with Crippen LogP contribution in [0.3, 0.4) is 0 Å². The molecule has 0 aromatic heterocycles. The van der Waals surface area contributed by atoms with Crippen molar-refractivity contribution in [1.82, 2.24) is 5.43 Å². The zero-order chi connectivity index (χ0) is 21.1. The first-order valence-corrected chi connectivity index (χ1v) is 9.63. The average Bonchev–Trinajstić information content (AvgIpc) is 2.70. The number of hydrogen-bond acceptors (Lipinski definition) is 5. The number of phenolic OH excluding ortho intramolecular Hbond substituents is 1. The summed E-state index contributed by atoms with van der Waals surface area (Å²) in [4.78, 5) is 25.7. The highest BCUT2D eigenvalue weighted by Crippen LogP contribution is 2.21. The minimum Gasteiger partial charge on any atom is -0.506 e. The lowest BCUT2D eigenvalue weighted by atomic mass is 10.1. The second-order valence-corrected chi connectivity index (χ2v) is 6.91. The van der Waals surface area contributed by atoms with Crippen LogP contribution in [0, 0.1) is 0 Å². The van der Waals surface area contributed by atoms with Crippen LogP contribution in [0.2, 0.25) is 0 Å². The molecule has 0 saturated carbocycles. The molecule has 29 heavy (non-hydrogen) atoms. The molecule has 0 radical (unpaired) electrons. The molecule has 0 fully saturated rings. The molecule has 0 saturated heterocycles. The van der Waals surface area contributed by atoms with E-state index in [4.69, 9.17) is 0 Å². The number of aromatic hydroxyl groups is 1. The third kappa shape index (κ3) is 8.04. The van der Waals surface area contributed by atoms with Gasteiger partial charge in [-0.3, -0.25) is 9.59 Å². The number of unbranched alkanes of at least 4 members (excludes halogenated alkanes) is 2. The second kappa shape index (κ2) is 11.5. The summed E-state index contributed by atoms with van der Waals surface area (Å²) in [5, 5.41) is 16.3. The van der Waals surface area contributed by atoms with Crippen LogP contribution in [-0.2, 0) is 9.59 Å². The zero-order valence-corrected chi connectivity index (χ0v) is 16.9. The summed E-state index contributed by atoms with van der Waals surface area (Å²) in [5.74, 6) is -0.252. The first kappa shape index (κ1) is 21.9. The Hall–Kier alpha value is -3.35. The summed E-state index contributed by atoms with van der Waals surface area (Å²) < 4.78 is 0. The molecule has 0 heterocycles. The van der Waals surface area contributed by atoms with Crippen LogP contribution in [0.1, 0.15) is 37.7 Å². The van der Waals surface area contributed by atoms with Crippen molar-refractivity contribution in [2.45, 2.75) is 32.1 Å². The highest BCUT2D eigenvalue weighted by molar-refractivity contribution is 5.92. The number of carbonyl (C=O) groups is 2. The van der Waals surface area contributed by atoms with Crippen molar-refractivity contribution < 1.29 is 14.7 Å². The van der Waals surface area contributed by atoms with Gasteiger partial charge < -0.3 is 15.3 Å². The molecule has 2 aromatic rings. The number of nitrogens with zero attached hydrogens (tertiary/aromatic N) is 2. The molecule has 154 valence electrons. The van der Waals surface area contributed by atoms with Crippen molar-refractivity contribution >= 4 is 29.4 Å². The monoisotopic (exact) mass is 396 g/mol. The minimum atomic E-state index is -0.152. The van der Waals surface area contributed by atoms with E-state index in [2.05, 4.69) is 15.8 Å². The van der Waals surface area contributed by atoms with E-state index in [9.17, 15) is 14.7 Å². The Kier molecular flexibility index (Phi) is 8.69. The molecule has 0 unspecified atom stereocenters. The van der Waals surface area contributed by atoms with E-state index in [1.165, 1.54) is 6.07 Å². The lowest BCUT2D eigenvalue weighted by Gasteiger charge is -2.11. The van der Waals surface area contributed by atoms with Crippen molar-refractivity contribution in [1.29, 1.82) is 0 Å². The van der Waals surface area contributed by atoms with Gasteiger partial charge in [-0.05, 0) is 42.7 Å². The largest absolute Gasteiger partial charge is 0.506 e. The summed E-state index contributed by atoms with van der Waals surface area (Å²) in [5.41, 5.74) is 4.93. The Morgan fingerprint density at radius 1 is 0.966 bits per heavy atom. The fourth-order valence-corrected chi connectivity index (χ4v) is 2.63. The molecule has 3 N–H and O–H groups in total. The normalized spacial score (nSPS) is 10.7. The maximum absolute atomic E-state index is 11.9. The van der Waals surface area contributed by atoms with Gasteiger partial charge in [0.25, 0.3) is 0 Å². The highest BCUT2D eigenvalue weighted by Gasteiger charge is 2.06. The lowest BCUT2D eigenvalue weighted by Crippen LogP contribution is -2.17. The van der Waals surface area contributed by atoms with E-state index in [1.54, 1.807) is 24.4 Å². The zero-order valence-electron chi connectivity index (χ0n) is 16.9. The number of anilines is 2. The maximum atomic E-state index is 11.9. The van der Waals surface area contributed by atoms with Crippen LogP contribution >= 0.6 is 0 Å². The Bertz CT molecular complexity index is 832. The number of amides is 2. The van der Waals surface area contributed by atoms with Gasteiger partial charge in [-0.1, -0.05) is 30.7 Å². The second-order valence-electron chi connectivity index (χ2n) is 6.91. The van der Waals surface area contributed by atoms with Crippen molar-refractivity contribution in [3.8, 4) is 5.75 Å². The van der Waals surface area contributed by atoms with Gasteiger partial charge >= 0.3 is 0 Å². The van der Waals surface area contributed by atoms with E-state index in [1.807, 2.05) is 43.3 Å². The van der Waals surface area contributed by atoms with Gasteiger partial charge in [0.05, 0.1) is 11.9 Å². The van der Waals surface area contributed by atoms with E-state index in [-0.39, 0.29) is 17.6 Å². The van der Waals surface area contributed by atoms with E-state index in [0.29, 0.717) is 31.4 Å². The highest BCUT2D eigenvalue weighted by atomic mass is 16.3. The summed E-state index contributed by atoms with van der Waals surface area (Å²) in [7, 11) is 3.95. The molecule has 0 spiro atoms. The first-order valence-electron chi connectivity index (χ1n) is 9.63. The number of carbonyl (C=O) groups excluding carboxylic acids is 2. The molecule has 0 aliphatic carbocycles. The quantitative estimate of drug-likeness (QED) is 0.248. The molecule has 2 aromatic carbocycles. The van der Waals surface area contributed by atoms with Gasteiger partial charge in [-0.25, -0.2) is 5.43 Å². The van der Waals surface area contributed by atoms with Crippen LogP contribution in [-0.4, -0.2) is 37.2 Å². The van der Waals surface area contributed by atoms with Crippen molar-refractivity contribution in [3.05, 3.63) is 54.1 Å². The summed E-state index contributed by atoms with van der Waals surface area (Å²) in [6, 6.07) is 14.5. The van der Waals surface area contributed by atoms with Gasteiger partial charge in [-0.15, -0.1) is 0 Å². The van der Waals surface area contributed by atoms with Gasteiger partial charge in [0, 0.05) is 32.6 Å². The molecule has 2 amide bonds. The van der Waals surface area contributed by atoms with Gasteiger partial charge in [0.15, 0.2) is 0 Å². The van der Waals surface area contributed by atoms with Gasteiger partial charge in [0.2, 0.25) is 11.8 Å².